The van der Waals surface area contributed by atoms with E-state index in [4.69, 9.17) is 5.11 Å². The van der Waals surface area contributed by atoms with Gasteiger partial charge >= 0.3 is 0 Å². The number of aromatic nitrogens is 1. The van der Waals surface area contributed by atoms with Crippen LogP contribution in [0, 0.1) is 0 Å². The number of pyridine rings is 1. The average Bonchev–Trinajstić information content (AvgIpc) is 2.23. The number of phenolic OH excluding ortho intramolecular Hbond substituents is 2. The molecule has 0 saturated heterocycles. The maximum absolute atomic E-state index is 9.30. The molecule has 1 heterocycles. The third-order valence-corrected chi connectivity index (χ3v) is 1.99. The first kappa shape index (κ1) is 11.5. The molecule has 0 amide bonds. The van der Waals surface area contributed by atoms with Crippen molar-refractivity contribution in [2.24, 2.45) is 0 Å². The van der Waals surface area contributed by atoms with Crippen LogP contribution in [0.5, 0.6) is 11.5 Å². The number of hydrogen-bond donors (Lipinski definition) is 2. The number of nitrogens with zero attached hydrogens (tertiary/aromatic N) is 1. The van der Waals surface area contributed by atoms with Crippen molar-refractivity contribution in [1.82, 2.24) is 4.98 Å². The molecular formula is C11H10BrNO2. The fourth-order valence-electron chi connectivity index (χ4n) is 1.25. The van der Waals surface area contributed by atoms with Crippen LogP contribution in [0.1, 0.15) is 0 Å². The van der Waals surface area contributed by atoms with Crippen molar-refractivity contribution in [3.63, 3.8) is 0 Å². The summed E-state index contributed by atoms with van der Waals surface area (Å²) in [6.45, 7) is 0. The lowest BCUT2D eigenvalue weighted by molar-refractivity contribution is 0.404. The second-order valence-electron chi connectivity index (χ2n) is 2.94. The van der Waals surface area contributed by atoms with Crippen molar-refractivity contribution < 1.29 is 10.2 Å². The van der Waals surface area contributed by atoms with E-state index in [0.29, 0.717) is 0 Å². The Morgan fingerprint density at radius 2 is 1.47 bits per heavy atom. The summed E-state index contributed by atoms with van der Waals surface area (Å²) in [6, 6.07) is 8.40. The molecule has 0 aliphatic heterocycles. The van der Waals surface area contributed by atoms with E-state index in [2.05, 4.69) is 4.98 Å². The van der Waals surface area contributed by atoms with Crippen LogP contribution in [0.3, 0.4) is 0 Å². The molecule has 0 saturated carbocycles. The van der Waals surface area contributed by atoms with Gasteiger partial charge in [0.05, 0.1) is 0 Å². The number of benzene rings is 1. The maximum Gasteiger partial charge on any atom is 0.158 e. The Morgan fingerprint density at radius 3 is 2.07 bits per heavy atom. The van der Waals surface area contributed by atoms with Crippen molar-refractivity contribution in [3.05, 3.63) is 42.7 Å². The average molecular weight is 268 g/mol. The Hall–Kier alpha value is -1.55. The van der Waals surface area contributed by atoms with Crippen LogP contribution in [0.4, 0.5) is 0 Å². The Kier molecular flexibility index (Phi) is 3.68. The third-order valence-electron chi connectivity index (χ3n) is 1.99. The summed E-state index contributed by atoms with van der Waals surface area (Å²) in [5.74, 6) is -0.220. The summed E-state index contributed by atoms with van der Waals surface area (Å²) in [6.07, 6.45) is 3.36. The van der Waals surface area contributed by atoms with Crippen LogP contribution in [-0.4, -0.2) is 15.2 Å². The zero-order valence-corrected chi connectivity index (χ0v) is 9.50. The molecule has 1 aromatic carbocycles. The smallest absolute Gasteiger partial charge is 0.158 e. The van der Waals surface area contributed by atoms with Gasteiger partial charge in [-0.05, 0) is 35.4 Å². The summed E-state index contributed by atoms with van der Waals surface area (Å²) in [5, 5.41) is 18.4. The molecule has 0 atom stereocenters. The Morgan fingerprint density at radius 1 is 0.800 bits per heavy atom. The van der Waals surface area contributed by atoms with E-state index in [9.17, 15) is 5.11 Å². The van der Waals surface area contributed by atoms with Crippen LogP contribution >= 0.6 is 17.0 Å². The van der Waals surface area contributed by atoms with Gasteiger partial charge in [0, 0.05) is 12.4 Å². The van der Waals surface area contributed by atoms with Gasteiger partial charge in [0.1, 0.15) is 0 Å². The van der Waals surface area contributed by atoms with Crippen LogP contribution in [-0.2, 0) is 0 Å². The molecule has 4 heteroatoms. The number of rotatable bonds is 1. The molecule has 0 aliphatic rings. The molecule has 0 bridgehead atoms. The van der Waals surface area contributed by atoms with Gasteiger partial charge in [-0.3, -0.25) is 4.98 Å². The van der Waals surface area contributed by atoms with Gasteiger partial charge < -0.3 is 10.2 Å². The number of hydrogen-bond acceptors (Lipinski definition) is 3. The fourth-order valence-corrected chi connectivity index (χ4v) is 1.25. The Balaban J connectivity index is 0.00000112. The summed E-state index contributed by atoms with van der Waals surface area (Å²) in [4.78, 5) is 3.90. The van der Waals surface area contributed by atoms with Gasteiger partial charge in [0.25, 0.3) is 0 Å². The monoisotopic (exact) mass is 267 g/mol. The number of phenols is 2. The van der Waals surface area contributed by atoms with Crippen molar-refractivity contribution in [2.75, 3.05) is 0 Å². The van der Waals surface area contributed by atoms with Crippen molar-refractivity contribution in [1.29, 1.82) is 0 Å². The molecule has 3 nitrogen and oxygen atoms in total. The van der Waals surface area contributed by atoms with Crippen molar-refractivity contribution >= 4 is 17.0 Å². The molecule has 2 N–H and O–H groups in total. The molecule has 2 aromatic rings. The Bertz CT molecular complexity index is 446. The predicted molar refractivity (Wildman–Crippen MR) is 63.3 cm³/mol. The first-order valence-electron chi connectivity index (χ1n) is 4.20. The van der Waals surface area contributed by atoms with Crippen LogP contribution in [0.2, 0.25) is 0 Å². The van der Waals surface area contributed by atoms with Crippen LogP contribution in [0.15, 0.2) is 42.7 Å². The zero-order chi connectivity index (χ0) is 9.97. The molecule has 2 rings (SSSR count). The molecular weight excluding hydrogens is 258 g/mol. The van der Waals surface area contributed by atoms with E-state index in [1.165, 1.54) is 12.1 Å². The molecule has 0 aliphatic carbocycles. The van der Waals surface area contributed by atoms with E-state index in [0.717, 1.165) is 11.1 Å². The largest absolute Gasteiger partial charge is 0.504 e. The summed E-state index contributed by atoms with van der Waals surface area (Å²) in [7, 11) is 0. The predicted octanol–water partition coefficient (Wildman–Crippen LogP) is 2.74. The standard InChI is InChI=1S/C11H9NO2.BrH/c13-10-2-1-9(7-11(10)14)8-3-5-12-6-4-8;/h1-7,13-14H;1H. The fraction of sp³-hybridized carbons (Fsp3) is 0. The van der Waals surface area contributed by atoms with E-state index in [1.54, 1.807) is 18.5 Å². The summed E-state index contributed by atoms with van der Waals surface area (Å²) in [5.41, 5.74) is 1.80. The zero-order valence-electron chi connectivity index (χ0n) is 7.79. The first-order chi connectivity index (χ1) is 6.77. The molecule has 0 fully saturated rings. The van der Waals surface area contributed by atoms with E-state index in [-0.39, 0.29) is 28.5 Å². The first-order valence-corrected chi connectivity index (χ1v) is 4.20. The Labute approximate surface area is 97.8 Å². The minimum Gasteiger partial charge on any atom is -0.504 e. The highest BCUT2D eigenvalue weighted by atomic mass is 79.9. The summed E-state index contributed by atoms with van der Waals surface area (Å²) < 4.78 is 0. The minimum absolute atomic E-state index is 0. The van der Waals surface area contributed by atoms with Crippen molar-refractivity contribution in [3.8, 4) is 22.6 Å². The number of halogens is 1. The van der Waals surface area contributed by atoms with Crippen molar-refractivity contribution in [2.45, 2.75) is 0 Å². The summed E-state index contributed by atoms with van der Waals surface area (Å²) >= 11 is 0. The van der Waals surface area contributed by atoms with Gasteiger partial charge in [-0.2, -0.15) is 0 Å². The molecule has 0 spiro atoms. The lowest BCUT2D eigenvalue weighted by Gasteiger charge is -2.02. The second kappa shape index (κ2) is 4.79. The maximum atomic E-state index is 9.30. The molecule has 1 aromatic heterocycles. The molecule has 0 unspecified atom stereocenters. The van der Waals surface area contributed by atoms with E-state index < -0.39 is 0 Å². The second-order valence-corrected chi connectivity index (χ2v) is 2.94. The highest BCUT2D eigenvalue weighted by molar-refractivity contribution is 8.93. The topological polar surface area (TPSA) is 53.4 Å². The quantitative estimate of drug-likeness (QED) is 0.782. The molecule has 0 radical (unpaired) electrons. The van der Waals surface area contributed by atoms with Gasteiger partial charge in [-0.25, -0.2) is 0 Å². The normalized spacial score (nSPS) is 9.33. The van der Waals surface area contributed by atoms with Gasteiger partial charge in [0.15, 0.2) is 11.5 Å². The SMILES string of the molecule is Br.Oc1ccc(-c2ccncc2)cc1O. The molecule has 78 valence electrons. The highest BCUT2D eigenvalue weighted by Crippen LogP contribution is 2.29. The minimum atomic E-state index is -0.112. The lowest BCUT2D eigenvalue weighted by atomic mass is 10.1. The van der Waals surface area contributed by atoms with Gasteiger partial charge in [0.2, 0.25) is 0 Å². The third kappa shape index (κ3) is 2.47. The van der Waals surface area contributed by atoms with Gasteiger partial charge in [-0.15, -0.1) is 17.0 Å². The highest BCUT2D eigenvalue weighted by Gasteiger charge is 2.01. The number of aromatic hydroxyl groups is 2. The van der Waals surface area contributed by atoms with Gasteiger partial charge in [-0.1, -0.05) is 6.07 Å². The van der Waals surface area contributed by atoms with E-state index >= 15 is 0 Å². The van der Waals surface area contributed by atoms with E-state index in [1.807, 2.05) is 12.1 Å². The van der Waals surface area contributed by atoms with Crippen LogP contribution < -0.4 is 0 Å². The van der Waals surface area contributed by atoms with Crippen LogP contribution in [0.25, 0.3) is 11.1 Å². The lowest BCUT2D eigenvalue weighted by Crippen LogP contribution is -1.78. The molecule has 15 heavy (non-hydrogen) atoms.